The minimum Gasteiger partial charge on any atom is -0.423 e. The highest BCUT2D eigenvalue weighted by atomic mass is 19.1. The summed E-state index contributed by atoms with van der Waals surface area (Å²) >= 11 is 0. The molecule has 0 bridgehead atoms. The van der Waals surface area contributed by atoms with Gasteiger partial charge in [-0.05, 0) is 44.4 Å². The summed E-state index contributed by atoms with van der Waals surface area (Å²) in [5.41, 5.74) is 3.10. The standard InChI is InChI=1S/C17H17FO2/c1-11(2)17(19)20-14-8-9-15(16(18)10-14)13-6-4-12(3)5-7-13/h4,6,8-10H,1,5,7H2,2-3H3. The Labute approximate surface area is 118 Å². The molecule has 104 valence electrons. The Balaban J connectivity index is 2.22. The minimum atomic E-state index is -0.549. The second-order valence-electron chi connectivity index (χ2n) is 5.02. The van der Waals surface area contributed by atoms with E-state index < -0.39 is 5.97 Å². The number of hydrogen-bond donors (Lipinski definition) is 0. The summed E-state index contributed by atoms with van der Waals surface area (Å²) in [6.45, 7) is 7.10. The lowest BCUT2D eigenvalue weighted by atomic mass is 9.93. The molecule has 1 aliphatic carbocycles. The molecule has 2 nitrogen and oxygen atoms in total. The zero-order chi connectivity index (χ0) is 14.7. The number of benzene rings is 1. The lowest BCUT2D eigenvalue weighted by Crippen LogP contribution is -2.08. The Morgan fingerprint density at radius 1 is 1.30 bits per heavy atom. The predicted octanol–water partition coefficient (Wildman–Crippen LogP) is 4.43. The van der Waals surface area contributed by atoms with Gasteiger partial charge in [0.25, 0.3) is 0 Å². The van der Waals surface area contributed by atoms with E-state index in [0.717, 1.165) is 18.4 Å². The van der Waals surface area contributed by atoms with Gasteiger partial charge < -0.3 is 4.74 Å². The van der Waals surface area contributed by atoms with Gasteiger partial charge in [0, 0.05) is 17.2 Å². The number of carbonyl (C=O) groups excluding carboxylic acids is 1. The van der Waals surface area contributed by atoms with Crippen molar-refractivity contribution in [3.8, 4) is 5.75 Å². The van der Waals surface area contributed by atoms with E-state index in [0.29, 0.717) is 5.56 Å². The molecule has 0 heterocycles. The van der Waals surface area contributed by atoms with Crippen molar-refractivity contribution < 1.29 is 13.9 Å². The molecule has 0 spiro atoms. The van der Waals surface area contributed by atoms with E-state index in [1.807, 2.05) is 12.2 Å². The largest absolute Gasteiger partial charge is 0.423 e. The molecule has 0 aromatic heterocycles. The van der Waals surface area contributed by atoms with Gasteiger partial charge in [-0.2, -0.15) is 0 Å². The monoisotopic (exact) mass is 272 g/mol. The van der Waals surface area contributed by atoms with Crippen LogP contribution in [0.2, 0.25) is 0 Å². The minimum absolute atomic E-state index is 0.197. The molecule has 0 atom stereocenters. The molecule has 0 fully saturated rings. The first-order valence-electron chi connectivity index (χ1n) is 6.51. The summed E-state index contributed by atoms with van der Waals surface area (Å²) in [5.74, 6) is -0.730. The van der Waals surface area contributed by atoms with Gasteiger partial charge in [0.1, 0.15) is 11.6 Å². The highest BCUT2D eigenvalue weighted by Crippen LogP contribution is 2.30. The molecule has 1 aromatic rings. The summed E-state index contributed by atoms with van der Waals surface area (Å²) in [5, 5.41) is 0. The molecule has 0 aliphatic heterocycles. The van der Waals surface area contributed by atoms with E-state index in [4.69, 9.17) is 4.74 Å². The molecule has 0 radical (unpaired) electrons. The zero-order valence-electron chi connectivity index (χ0n) is 11.7. The lowest BCUT2D eigenvalue weighted by Gasteiger charge is -2.14. The van der Waals surface area contributed by atoms with Crippen LogP contribution in [0.1, 0.15) is 32.3 Å². The van der Waals surface area contributed by atoms with Crippen molar-refractivity contribution in [3.63, 3.8) is 0 Å². The number of rotatable bonds is 3. The van der Waals surface area contributed by atoms with Crippen molar-refractivity contribution in [1.29, 1.82) is 0 Å². The van der Waals surface area contributed by atoms with Gasteiger partial charge in [0.15, 0.2) is 0 Å². The fourth-order valence-corrected chi connectivity index (χ4v) is 1.98. The van der Waals surface area contributed by atoms with Crippen LogP contribution in [0.3, 0.4) is 0 Å². The molecule has 1 aromatic carbocycles. The van der Waals surface area contributed by atoms with Crippen LogP contribution in [0, 0.1) is 5.82 Å². The van der Waals surface area contributed by atoms with Gasteiger partial charge in [-0.3, -0.25) is 0 Å². The number of halogens is 1. The van der Waals surface area contributed by atoms with Gasteiger partial charge in [-0.1, -0.05) is 24.3 Å². The van der Waals surface area contributed by atoms with Gasteiger partial charge in [0.2, 0.25) is 0 Å². The highest BCUT2D eigenvalue weighted by molar-refractivity contribution is 5.88. The molecule has 3 heteroatoms. The Morgan fingerprint density at radius 2 is 2.05 bits per heavy atom. The maximum Gasteiger partial charge on any atom is 0.338 e. The van der Waals surface area contributed by atoms with E-state index in [1.54, 1.807) is 19.1 Å². The van der Waals surface area contributed by atoms with Crippen LogP contribution in [-0.4, -0.2) is 5.97 Å². The summed E-state index contributed by atoms with van der Waals surface area (Å²) in [6.07, 6.45) is 5.71. The van der Waals surface area contributed by atoms with Crippen molar-refractivity contribution in [2.24, 2.45) is 0 Å². The summed E-state index contributed by atoms with van der Waals surface area (Å²) in [6, 6.07) is 4.49. The van der Waals surface area contributed by atoms with Crippen LogP contribution < -0.4 is 4.74 Å². The summed E-state index contributed by atoms with van der Waals surface area (Å²) in [4.78, 5) is 11.4. The molecule has 0 saturated heterocycles. The van der Waals surface area contributed by atoms with Crippen molar-refractivity contribution in [3.05, 3.63) is 59.5 Å². The third-order valence-corrected chi connectivity index (χ3v) is 3.20. The van der Waals surface area contributed by atoms with Crippen molar-refractivity contribution in [2.45, 2.75) is 26.7 Å². The smallest absolute Gasteiger partial charge is 0.338 e. The maximum atomic E-state index is 14.1. The average Bonchev–Trinajstić information content (AvgIpc) is 2.40. The van der Waals surface area contributed by atoms with Gasteiger partial charge in [0.05, 0.1) is 0 Å². The van der Waals surface area contributed by atoms with Crippen LogP contribution >= 0.6 is 0 Å². The van der Waals surface area contributed by atoms with Crippen molar-refractivity contribution in [1.82, 2.24) is 0 Å². The molecule has 0 saturated carbocycles. The quantitative estimate of drug-likeness (QED) is 0.462. The number of carbonyl (C=O) groups is 1. The fourth-order valence-electron chi connectivity index (χ4n) is 1.98. The Kier molecular flexibility index (Phi) is 4.18. The van der Waals surface area contributed by atoms with Crippen molar-refractivity contribution >= 4 is 11.5 Å². The number of hydrogen-bond acceptors (Lipinski definition) is 2. The van der Waals surface area contributed by atoms with Crippen LogP contribution in [0.4, 0.5) is 4.39 Å². The maximum absolute atomic E-state index is 14.1. The molecular weight excluding hydrogens is 255 g/mol. The first-order valence-corrected chi connectivity index (χ1v) is 6.51. The third-order valence-electron chi connectivity index (χ3n) is 3.20. The van der Waals surface area contributed by atoms with Gasteiger partial charge in [-0.25, -0.2) is 9.18 Å². The normalized spacial score (nSPS) is 14.3. The lowest BCUT2D eigenvalue weighted by molar-refractivity contribution is -0.130. The molecule has 2 rings (SSSR count). The number of allylic oxidation sites excluding steroid dienone is 4. The number of ether oxygens (including phenoxy) is 1. The van der Waals surface area contributed by atoms with Crippen LogP contribution in [-0.2, 0) is 4.79 Å². The second kappa shape index (κ2) is 5.87. The van der Waals surface area contributed by atoms with E-state index in [1.165, 1.54) is 11.6 Å². The average molecular weight is 272 g/mol. The van der Waals surface area contributed by atoms with E-state index in [-0.39, 0.29) is 17.1 Å². The fraction of sp³-hybridized carbons (Fsp3) is 0.235. The first kappa shape index (κ1) is 14.3. The molecule has 0 unspecified atom stereocenters. The number of esters is 1. The molecule has 0 N–H and O–H groups in total. The van der Waals surface area contributed by atoms with Crippen LogP contribution in [0.5, 0.6) is 5.75 Å². The highest BCUT2D eigenvalue weighted by Gasteiger charge is 2.13. The molecular formula is C17H17FO2. The van der Waals surface area contributed by atoms with Gasteiger partial charge in [-0.15, -0.1) is 0 Å². The molecule has 0 amide bonds. The Bertz CT molecular complexity index is 624. The Morgan fingerprint density at radius 3 is 2.60 bits per heavy atom. The zero-order valence-corrected chi connectivity index (χ0v) is 11.7. The van der Waals surface area contributed by atoms with E-state index in [2.05, 4.69) is 13.5 Å². The van der Waals surface area contributed by atoms with Crippen LogP contribution in [0.25, 0.3) is 5.57 Å². The van der Waals surface area contributed by atoms with Crippen LogP contribution in [0.15, 0.2) is 48.1 Å². The second-order valence-corrected chi connectivity index (χ2v) is 5.02. The topological polar surface area (TPSA) is 26.3 Å². The van der Waals surface area contributed by atoms with E-state index >= 15 is 0 Å². The van der Waals surface area contributed by atoms with E-state index in [9.17, 15) is 9.18 Å². The van der Waals surface area contributed by atoms with Gasteiger partial charge >= 0.3 is 5.97 Å². The molecule has 1 aliphatic rings. The SMILES string of the molecule is C=C(C)C(=O)Oc1ccc(C2=CC=C(C)CC2)c(F)c1. The predicted molar refractivity (Wildman–Crippen MR) is 77.8 cm³/mol. The third kappa shape index (κ3) is 3.23. The Hall–Kier alpha value is -2.16. The van der Waals surface area contributed by atoms with Crippen molar-refractivity contribution in [2.75, 3.05) is 0 Å². The first-order chi connectivity index (χ1) is 9.47. The summed E-state index contributed by atoms with van der Waals surface area (Å²) in [7, 11) is 0. The molecule has 20 heavy (non-hydrogen) atoms. The summed E-state index contributed by atoms with van der Waals surface area (Å²) < 4.78 is 19.1.